The molecule has 6 rings (SSSR count). The van der Waals surface area contributed by atoms with Crippen molar-refractivity contribution in [2.45, 2.75) is 84.1 Å². The van der Waals surface area contributed by atoms with E-state index in [0.717, 1.165) is 36.7 Å². The Balaban J connectivity index is 1.01. The van der Waals surface area contributed by atoms with Crippen molar-refractivity contribution in [1.82, 2.24) is 14.4 Å². The number of carbonyl (C=O) groups is 2. The van der Waals surface area contributed by atoms with Crippen molar-refractivity contribution in [2.24, 2.45) is 13.0 Å². The third-order valence-corrected chi connectivity index (χ3v) is 11.4. The molecule has 0 N–H and O–H groups in total. The van der Waals surface area contributed by atoms with Crippen LogP contribution in [-0.2, 0) is 11.8 Å². The maximum atomic E-state index is 13.6. The molecule has 1 amide bonds. The first-order chi connectivity index (χ1) is 23.8. The lowest BCUT2D eigenvalue weighted by Gasteiger charge is -2.36. The molecule has 1 atom stereocenters. The number of Topliss-reactive ketones (excluding diaryl/α,β-unsaturated/α-hetero) is 1. The standard InChI is InChI=1S/C43H54N4O2/c1-7-11-13-40(30(5)48)47-39(10-4)37-17-15-34(29-38(37)43(47)49)46-26-19-31(20-27-46)18-23-45-24-21-32(22-25-45)33-14-16-36-35(9-3)41(12-8-2)44(6)42(36)28-33/h7,9,12,14-17,28-29,31-32,40H,1,4,8,11,13,18-27H2,2-3,5-6H3/b35-9-,41-12+. The molecule has 49 heavy (non-hydrogen) atoms. The molecular weight excluding hydrogens is 604 g/mol. The molecule has 2 aromatic carbocycles. The Labute approximate surface area is 292 Å². The number of rotatable bonds is 11. The number of ketones is 1. The van der Waals surface area contributed by atoms with Crippen molar-refractivity contribution in [3.8, 4) is 0 Å². The van der Waals surface area contributed by atoms with E-state index in [1.807, 2.05) is 12.1 Å². The second kappa shape index (κ2) is 15.2. The molecule has 4 heterocycles. The molecule has 0 saturated carbocycles. The summed E-state index contributed by atoms with van der Waals surface area (Å²) in [6.07, 6.45) is 14.7. The molecule has 0 bridgehead atoms. The number of hydrogen-bond donors (Lipinski definition) is 0. The first kappa shape index (κ1) is 34.7. The molecule has 6 heteroatoms. The zero-order chi connectivity index (χ0) is 34.7. The van der Waals surface area contributed by atoms with Crippen molar-refractivity contribution >= 4 is 46.1 Å². The molecule has 0 aliphatic carbocycles. The Hall–Kier alpha value is -4.12. The number of carbonyl (C=O) groups excluding carboxylic acids is 2. The second-order valence-electron chi connectivity index (χ2n) is 14.3. The minimum absolute atomic E-state index is 0.0310. The van der Waals surface area contributed by atoms with Gasteiger partial charge in [-0.1, -0.05) is 43.9 Å². The van der Waals surface area contributed by atoms with Crippen LogP contribution in [0.3, 0.4) is 0 Å². The molecule has 2 saturated heterocycles. The van der Waals surface area contributed by atoms with Gasteiger partial charge in [-0.25, -0.2) is 0 Å². The number of aromatic nitrogens is 1. The van der Waals surface area contributed by atoms with Crippen LogP contribution in [-0.4, -0.2) is 64.8 Å². The van der Waals surface area contributed by atoms with Gasteiger partial charge < -0.3 is 14.4 Å². The number of likely N-dealkylation sites (tertiary alicyclic amines) is 1. The smallest absolute Gasteiger partial charge is 0.260 e. The number of benzene rings is 2. The van der Waals surface area contributed by atoms with E-state index in [1.54, 1.807) is 17.9 Å². The van der Waals surface area contributed by atoms with Gasteiger partial charge in [0, 0.05) is 52.9 Å². The number of nitrogens with zero attached hydrogens (tertiary/aromatic N) is 4. The first-order valence-corrected chi connectivity index (χ1v) is 18.5. The Morgan fingerprint density at radius 2 is 1.80 bits per heavy atom. The average Bonchev–Trinajstić information content (AvgIpc) is 3.56. The zero-order valence-electron chi connectivity index (χ0n) is 30.1. The first-order valence-electron chi connectivity index (χ1n) is 18.5. The van der Waals surface area contributed by atoms with Gasteiger partial charge in [-0.2, -0.15) is 0 Å². The average molecular weight is 659 g/mol. The molecule has 3 aliphatic rings. The Kier molecular flexibility index (Phi) is 10.8. The Morgan fingerprint density at radius 1 is 1.04 bits per heavy atom. The molecule has 0 radical (unpaired) electrons. The molecule has 1 unspecified atom stereocenters. The van der Waals surface area contributed by atoms with Crippen LogP contribution in [0.4, 0.5) is 5.69 Å². The van der Waals surface area contributed by atoms with E-state index < -0.39 is 6.04 Å². The van der Waals surface area contributed by atoms with Crippen LogP contribution in [0.15, 0.2) is 61.4 Å². The van der Waals surface area contributed by atoms with Crippen LogP contribution in [0.25, 0.3) is 28.8 Å². The SMILES string of the molecule is C=C=C1c2ccc(N3CCC(CCN4CCC(c5ccc6c(=C/C)/c(=C\CC)n(C)c6c5)CC4)CC3)cc2C(=O)N1C(CCC=C)C(C)=O. The van der Waals surface area contributed by atoms with Gasteiger partial charge in [0.05, 0.1) is 17.3 Å². The maximum Gasteiger partial charge on any atom is 0.260 e. The highest BCUT2D eigenvalue weighted by molar-refractivity contribution is 6.11. The van der Waals surface area contributed by atoms with Crippen LogP contribution in [0.5, 0.6) is 0 Å². The van der Waals surface area contributed by atoms with Gasteiger partial charge >= 0.3 is 0 Å². The second-order valence-corrected chi connectivity index (χ2v) is 14.3. The van der Waals surface area contributed by atoms with E-state index in [1.165, 1.54) is 78.8 Å². The molecule has 1 aromatic heterocycles. The summed E-state index contributed by atoms with van der Waals surface area (Å²) >= 11 is 0. The Morgan fingerprint density at radius 3 is 2.45 bits per heavy atom. The predicted octanol–water partition coefficient (Wildman–Crippen LogP) is 7.16. The fourth-order valence-corrected chi connectivity index (χ4v) is 8.58. The normalized spacial score (nSPS) is 19.2. The summed E-state index contributed by atoms with van der Waals surface area (Å²) in [4.78, 5) is 32.9. The molecule has 258 valence electrons. The highest BCUT2D eigenvalue weighted by atomic mass is 16.2. The number of allylic oxidation sites excluding steroid dienone is 1. The monoisotopic (exact) mass is 658 g/mol. The Bertz CT molecular complexity index is 1900. The van der Waals surface area contributed by atoms with Crippen molar-refractivity contribution in [3.05, 3.63) is 88.6 Å². The summed E-state index contributed by atoms with van der Waals surface area (Å²) in [6.45, 7) is 19.1. The zero-order valence-corrected chi connectivity index (χ0v) is 30.1. The molecule has 0 spiro atoms. The van der Waals surface area contributed by atoms with Crippen LogP contribution in [0.1, 0.15) is 99.5 Å². The van der Waals surface area contributed by atoms with Gasteiger partial charge in [-0.3, -0.25) is 14.5 Å². The van der Waals surface area contributed by atoms with Crippen LogP contribution < -0.4 is 15.5 Å². The molecule has 3 aliphatic heterocycles. The van der Waals surface area contributed by atoms with E-state index in [0.29, 0.717) is 30.0 Å². The van der Waals surface area contributed by atoms with Gasteiger partial charge in [0.2, 0.25) is 0 Å². The summed E-state index contributed by atoms with van der Waals surface area (Å²) in [5.74, 6) is 1.21. The van der Waals surface area contributed by atoms with Gasteiger partial charge in [0.25, 0.3) is 5.91 Å². The highest BCUT2D eigenvalue weighted by Crippen LogP contribution is 2.38. The van der Waals surface area contributed by atoms with Crippen molar-refractivity contribution in [3.63, 3.8) is 0 Å². The predicted molar refractivity (Wildman–Crippen MR) is 204 cm³/mol. The summed E-state index contributed by atoms with van der Waals surface area (Å²) in [5, 5.41) is 4.06. The number of fused-ring (bicyclic) bond motifs is 2. The molecular formula is C43H54N4O2. The van der Waals surface area contributed by atoms with Gasteiger partial charge in [-0.15, -0.1) is 12.3 Å². The summed E-state index contributed by atoms with van der Waals surface area (Å²) in [6, 6.07) is 12.8. The van der Waals surface area contributed by atoms with Gasteiger partial charge in [0.1, 0.15) is 0 Å². The maximum absolute atomic E-state index is 13.6. The number of hydrogen-bond acceptors (Lipinski definition) is 4. The summed E-state index contributed by atoms with van der Waals surface area (Å²) < 4.78 is 2.38. The lowest BCUT2D eigenvalue weighted by atomic mass is 9.88. The quantitative estimate of drug-likeness (QED) is 0.162. The third-order valence-electron chi connectivity index (χ3n) is 11.4. The largest absolute Gasteiger partial charge is 0.371 e. The van der Waals surface area contributed by atoms with E-state index in [2.05, 4.69) is 90.6 Å². The fourth-order valence-electron chi connectivity index (χ4n) is 8.58. The van der Waals surface area contributed by atoms with Gasteiger partial charge in [-0.05, 0) is 127 Å². The summed E-state index contributed by atoms with van der Waals surface area (Å²) in [5.41, 5.74) is 8.96. The van der Waals surface area contributed by atoms with Crippen LogP contribution in [0, 0.1) is 5.92 Å². The van der Waals surface area contributed by atoms with Crippen LogP contribution in [0.2, 0.25) is 0 Å². The number of amides is 1. The minimum Gasteiger partial charge on any atom is -0.371 e. The van der Waals surface area contributed by atoms with E-state index in [-0.39, 0.29) is 11.7 Å². The van der Waals surface area contributed by atoms with Crippen molar-refractivity contribution in [2.75, 3.05) is 37.6 Å². The van der Waals surface area contributed by atoms with E-state index >= 15 is 0 Å². The molecule has 2 fully saturated rings. The van der Waals surface area contributed by atoms with Crippen molar-refractivity contribution in [1.29, 1.82) is 0 Å². The summed E-state index contributed by atoms with van der Waals surface area (Å²) in [7, 11) is 2.21. The van der Waals surface area contributed by atoms with Crippen molar-refractivity contribution < 1.29 is 9.59 Å². The highest BCUT2D eigenvalue weighted by Gasteiger charge is 2.39. The topological polar surface area (TPSA) is 48.8 Å². The lowest BCUT2D eigenvalue weighted by Crippen LogP contribution is -2.39. The lowest BCUT2D eigenvalue weighted by molar-refractivity contribution is -0.120. The minimum atomic E-state index is -0.531. The molecule has 3 aromatic rings. The number of aryl methyl sites for hydroxylation is 1. The number of anilines is 1. The van der Waals surface area contributed by atoms with Gasteiger partial charge in [0.15, 0.2) is 5.78 Å². The van der Waals surface area contributed by atoms with E-state index in [9.17, 15) is 9.59 Å². The number of piperidine rings is 2. The third kappa shape index (κ3) is 6.87. The fraction of sp³-hybridized carbons (Fsp3) is 0.465. The van der Waals surface area contributed by atoms with Crippen LogP contribution >= 0.6 is 0 Å². The molecule has 6 nitrogen and oxygen atoms in total. The van der Waals surface area contributed by atoms with E-state index in [4.69, 9.17) is 0 Å².